The normalized spacial score (nSPS) is 9.50. The van der Waals surface area contributed by atoms with Crippen LogP contribution in [0, 0.1) is 0 Å². The van der Waals surface area contributed by atoms with Crippen LogP contribution >= 0.6 is 0 Å². The third kappa shape index (κ3) is 2.36. The first-order valence-electron chi connectivity index (χ1n) is 4.39. The van der Waals surface area contributed by atoms with Gasteiger partial charge in [0, 0.05) is 5.57 Å². The topological polar surface area (TPSA) is 52.3 Å². The van der Waals surface area contributed by atoms with Crippen LogP contribution in [0.1, 0.15) is 13.3 Å². The van der Waals surface area contributed by atoms with Crippen molar-refractivity contribution in [2.75, 3.05) is 5.73 Å². The molecule has 0 fully saturated rings. The molecule has 0 aromatic heterocycles. The Morgan fingerprint density at radius 3 is 2.71 bits per heavy atom. The van der Waals surface area contributed by atoms with E-state index in [0.717, 1.165) is 0 Å². The predicted octanol–water partition coefficient (Wildman–Crippen LogP) is 2.14. The van der Waals surface area contributed by atoms with Crippen LogP contribution in [-0.4, -0.2) is 5.97 Å². The first-order valence-corrected chi connectivity index (χ1v) is 4.39. The molecule has 0 saturated heterocycles. The number of hydrogen-bond acceptors (Lipinski definition) is 3. The molecule has 0 spiro atoms. The van der Waals surface area contributed by atoms with Crippen molar-refractivity contribution in [2.24, 2.45) is 0 Å². The number of rotatable bonds is 3. The number of benzene rings is 1. The molecular weight excluding hydrogens is 178 g/mol. The molecule has 1 aromatic rings. The van der Waals surface area contributed by atoms with Crippen molar-refractivity contribution in [3.63, 3.8) is 0 Å². The zero-order chi connectivity index (χ0) is 10.6. The number of para-hydroxylation sites is 2. The summed E-state index contributed by atoms with van der Waals surface area (Å²) in [7, 11) is 0. The van der Waals surface area contributed by atoms with E-state index >= 15 is 0 Å². The lowest BCUT2D eigenvalue weighted by molar-refractivity contribution is -0.130. The van der Waals surface area contributed by atoms with Gasteiger partial charge in [0.2, 0.25) is 0 Å². The fourth-order valence-electron chi connectivity index (χ4n) is 0.890. The summed E-state index contributed by atoms with van der Waals surface area (Å²) in [6, 6.07) is 6.86. The van der Waals surface area contributed by atoms with Crippen molar-refractivity contribution in [2.45, 2.75) is 13.3 Å². The lowest BCUT2D eigenvalue weighted by Crippen LogP contribution is -2.10. The van der Waals surface area contributed by atoms with Crippen molar-refractivity contribution < 1.29 is 9.53 Å². The van der Waals surface area contributed by atoms with Crippen LogP contribution < -0.4 is 10.5 Å². The van der Waals surface area contributed by atoms with Crippen LogP contribution in [0.2, 0.25) is 0 Å². The summed E-state index contributed by atoms with van der Waals surface area (Å²) >= 11 is 0. The number of hydrogen-bond donors (Lipinski definition) is 1. The third-order valence-corrected chi connectivity index (χ3v) is 1.84. The molecule has 0 heterocycles. The molecule has 0 saturated carbocycles. The quantitative estimate of drug-likeness (QED) is 0.344. The maximum absolute atomic E-state index is 11.3. The average molecular weight is 191 g/mol. The molecule has 0 aliphatic rings. The minimum Gasteiger partial charge on any atom is -0.421 e. The highest BCUT2D eigenvalue weighted by Crippen LogP contribution is 2.20. The summed E-state index contributed by atoms with van der Waals surface area (Å²) in [5.74, 6) is -0.0440. The van der Waals surface area contributed by atoms with Gasteiger partial charge >= 0.3 is 5.97 Å². The highest BCUT2D eigenvalue weighted by atomic mass is 16.5. The minimum absolute atomic E-state index is 0.382. The second-order valence-corrected chi connectivity index (χ2v) is 2.88. The average Bonchev–Trinajstić information content (AvgIpc) is 2.20. The predicted molar refractivity (Wildman–Crippen MR) is 55.9 cm³/mol. The summed E-state index contributed by atoms with van der Waals surface area (Å²) < 4.78 is 5.03. The molecule has 0 atom stereocenters. The Bertz CT molecular complexity index is 358. The van der Waals surface area contributed by atoms with Gasteiger partial charge in [-0.2, -0.15) is 0 Å². The molecule has 0 amide bonds. The summed E-state index contributed by atoms with van der Waals surface area (Å²) in [5, 5.41) is 0. The smallest absolute Gasteiger partial charge is 0.338 e. The van der Waals surface area contributed by atoms with Gasteiger partial charge in [0.1, 0.15) is 0 Å². The van der Waals surface area contributed by atoms with E-state index in [1.54, 1.807) is 24.3 Å². The highest BCUT2D eigenvalue weighted by Gasteiger charge is 2.09. The number of carbonyl (C=O) groups is 1. The van der Waals surface area contributed by atoms with E-state index in [1.165, 1.54) is 0 Å². The second kappa shape index (κ2) is 4.46. The Morgan fingerprint density at radius 2 is 2.14 bits per heavy atom. The first kappa shape index (κ1) is 10.3. The van der Waals surface area contributed by atoms with E-state index in [-0.39, 0.29) is 0 Å². The van der Waals surface area contributed by atoms with Gasteiger partial charge in [0.25, 0.3) is 0 Å². The number of ether oxygens (including phenoxy) is 1. The number of nitrogen functional groups attached to an aromatic ring is 1. The van der Waals surface area contributed by atoms with Gasteiger partial charge in [0.05, 0.1) is 5.69 Å². The lowest BCUT2D eigenvalue weighted by atomic mass is 10.2. The van der Waals surface area contributed by atoms with Gasteiger partial charge in [-0.1, -0.05) is 25.6 Å². The first-order chi connectivity index (χ1) is 6.65. The monoisotopic (exact) mass is 191 g/mol. The van der Waals surface area contributed by atoms with Crippen LogP contribution in [0.5, 0.6) is 5.75 Å². The zero-order valence-corrected chi connectivity index (χ0v) is 8.12. The van der Waals surface area contributed by atoms with E-state index in [0.29, 0.717) is 23.4 Å². The van der Waals surface area contributed by atoms with Crippen LogP contribution in [-0.2, 0) is 4.79 Å². The molecule has 2 N–H and O–H groups in total. The van der Waals surface area contributed by atoms with Crippen molar-refractivity contribution >= 4 is 11.7 Å². The van der Waals surface area contributed by atoms with Gasteiger partial charge in [0.15, 0.2) is 5.75 Å². The Labute approximate surface area is 83.2 Å². The van der Waals surface area contributed by atoms with Crippen molar-refractivity contribution in [3.8, 4) is 5.75 Å². The fraction of sp³-hybridized carbons (Fsp3) is 0.182. The lowest BCUT2D eigenvalue weighted by Gasteiger charge is -2.06. The summed E-state index contributed by atoms with van der Waals surface area (Å²) in [6.07, 6.45) is 0.575. The van der Waals surface area contributed by atoms with E-state index in [2.05, 4.69) is 6.58 Å². The van der Waals surface area contributed by atoms with E-state index in [4.69, 9.17) is 10.5 Å². The molecule has 14 heavy (non-hydrogen) atoms. The maximum Gasteiger partial charge on any atom is 0.338 e. The fourth-order valence-corrected chi connectivity index (χ4v) is 0.890. The number of nitrogens with two attached hydrogens (primary N) is 1. The molecular formula is C11H13NO2. The molecule has 3 heteroatoms. The molecule has 74 valence electrons. The number of anilines is 1. The summed E-state index contributed by atoms with van der Waals surface area (Å²) in [5.41, 5.74) is 6.49. The summed E-state index contributed by atoms with van der Waals surface area (Å²) in [4.78, 5) is 11.3. The van der Waals surface area contributed by atoms with Crippen LogP contribution in [0.15, 0.2) is 36.4 Å². The van der Waals surface area contributed by atoms with E-state index in [1.807, 2.05) is 6.92 Å². The van der Waals surface area contributed by atoms with Crippen LogP contribution in [0.4, 0.5) is 5.69 Å². The molecule has 1 aromatic carbocycles. The maximum atomic E-state index is 11.3. The van der Waals surface area contributed by atoms with Crippen LogP contribution in [0.3, 0.4) is 0 Å². The van der Waals surface area contributed by atoms with Crippen molar-refractivity contribution in [3.05, 3.63) is 36.4 Å². The Kier molecular flexibility index (Phi) is 3.29. The SMILES string of the molecule is C=C(CC)C(=O)Oc1ccccc1N. The Hall–Kier alpha value is -1.77. The summed E-state index contributed by atoms with van der Waals surface area (Å²) in [6.45, 7) is 5.43. The van der Waals surface area contributed by atoms with Gasteiger partial charge < -0.3 is 10.5 Å². The van der Waals surface area contributed by atoms with Crippen molar-refractivity contribution in [1.29, 1.82) is 0 Å². The highest BCUT2D eigenvalue weighted by molar-refractivity contribution is 5.90. The third-order valence-electron chi connectivity index (χ3n) is 1.84. The van der Waals surface area contributed by atoms with Crippen molar-refractivity contribution in [1.82, 2.24) is 0 Å². The molecule has 0 unspecified atom stereocenters. The molecule has 0 bridgehead atoms. The second-order valence-electron chi connectivity index (χ2n) is 2.88. The minimum atomic E-state index is -0.426. The van der Waals surface area contributed by atoms with E-state index < -0.39 is 5.97 Å². The van der Waals surface area contributed by atoms with E-state index in [9.17, 15) is 4.79 Å². The van der Waals surface area contributed by atoms with Gasteiger partial charge in [-0.05, 0) is 18.6 Å². The van der Waals surface area contributed by atoms with Gasteiger partial charge in [-0.15, -0.1) is 0 Å². The number of carbonyl (C=O) groups excluding carboxylic acids is 1. The van der Waals surface area contributed by atoms with Gasteiger partial charge in [-0.3, -0.25) is 0 Å². The molecule has 0 radical (unpaired) electrons. The molecule has 1 rings (SSSR count). The molecule has 3 nitrogen and oxygen atoms in total. The Morgan fingerprint density at radius 1 is 1.50 bits per heavy atom. The number of esters is 1. The Balaban J connectivity index is 2.75. The molecule has 0 aliphatic heterocycles. The van der Waals surface area contributed by atoms with Gasteiger partial charge in [-0.25, -0.2) is 4.79 Å². The molecule has 0 aliphatic carbocycles. The standard InChI is InChI=1S/C11H13NO2/c1-3-8(2)11(13)14-10-7-5-4-6-9(10)12/h4-7H,2-3,12H2,1H3. The zero-order valence-electron chi connectivity index (χ0n) is 8.12. The van der Waals surface area contributed by atoms with Crippen LogP contribution in [0.25, 0.3) is 0 Å². The largest absolute Gasteiger partial charge is 0.421 e.